The van der Waals surface area contributed by atoms with Gasteiger partial charge in [0.2, 0.25) is 0 Å². The number of para-hydroxylation sites is 1. The molecular weight excluding hydrogens is 589 g/mol. The summed E-state index contributed by atoms with van der Waals surface area (Å²) in [5.74, 6) is 0. The molecule has 2 heterocycles. The number of fused-ring (bicyclic) bond motifs is 8. The number of nitrogens with zero attached hydrogens (tertiary/aromatic N) is 2. The predicted octanol–water partition coefficient (Wildman–Crippen LogP) is 12.9. The van der Waals surface area contributed by atoms with Crippen LogP contribution in [0.1, 0.15) is 0 Å². The zero-order valence-corrected chi connectivity index (χ0v) is 26.3. The number of rotatable bonds is 4. The Balaban J connectivity index is 1.29. The highest BCUT2D eigenvalue weighted by atomic mass is 32.1. The monoisotopic (exact) mass is 616 g/mol. The lowest BCUT2D eigenvalue weighted by molar-refractivity contribution is 1.19. The first-order chi connectivity index (χ1) is 23.3. The maximum Gasteiger partial charge on any atom is 0.0555 e. The second-order valence-corrected chi connectivity index (χ2v) is 13.3. The van der Waals surface area contributed by atoms with Crippen molar-refractivity contribution in [2.45, 2.75) is 0 Å². The van der Waals surface area contributed by atoms with Crippen molar-refractivity contribution in [3.05, 3.63) is 170 Å². The maximum atomic E-state index is 2.45. The number of benzene rings is 8. The SMILES string of the molecule is c1ccc(N(c2ccc3c(c2)c2cc4c(cc2n3-c2ccc3ccccc3c2)sc2ccccc24)c2cccc3ccccc23)cc1. The third-order valence-corrected chi connectivity index (χ3v) is 10.7. The van der Waals surface area contributed by atoms with Crippen molar-refractivity contribution in [1.29, 1.82) is 0 Å². The van der Waals surface area contributed by atoms with Gasteiger partial charge in [-0.3, -0.25) is 0 Å². The Morgan fingerprint density at radius 3 is 2.00 bits per heavy atom. The van der Waals surface area contributed by atoms with Crippen molar-refractivity contribution in [2.24, 2.45) is 0 Å². The van der Waals surface area contributed by atoms with Gasteiger partial charge in [-0.15, -0.1) is 11.3 Å². The van der Waals surface area contributed by atoms with Gasteiger partial charge in [0.05, 0.1) is 16.7 Å². The van der Waals surface area contributed by atoms with Crippen LogP contribution in [0.2, 0.25) is 0 Å². The summed E-state index contributed by atoms with van der Waals surface area (Å²) in [6.07, 6.45) is 0. The lowest BCUT2D eigenvalue weighted by Crippen LogP contribution is -2.10. The first kappa shape index (κ1) is 26.3. The third-order valence-electron chi connectivity index (χ3n) is 9.52. The molecule has 0 aliphatic carbocycles. The lowest BCUT2D eigenvalue weighted by atomic mass is 10.0. The average molecular weight is 617 g/mol. The van der Waals surface area contributed by atoms with Gasteiger partial charge in [0.25, 0.3) is 0 Å². The molecule has 0 atom stereocenters. The van der Waals surface area contributed by atoms with Crippen LogP contribution in [0, 0.1) is 0 Å². The molecule has 0 aliphatic heterocycles. The van der Waals surface area contributed by atoms with Crippen molar-refractivity contribution in [1.82, 2.24) is 4.57 Å². The molecule has 10 aromatic rings. The molecule has 0 unspecified atom stereocenters. The zero-order chi connectivity index (χ0) is 30.9. The number of thiophene rings is 1. The van der Waals surface area contributed by atoms with Gasteiger partial charge in [-0.1, -0.05) is 103 Å². The van der Waals surface area contributed by atoms with E-state index in [1.165, 1.54) is 69.2 Å². The molecule has 10 rings (SSSR count). The summed E-state index contributed by atoms with van der Waals surface area (Å²) < 4.78 is 5.09. The summed E-state index contributed by atoms with van der Waals surface area (Å²) in [6, 6.07) is 62.0. The maximum absolute atomic E-state index is 2.45. The largest absolute Gasteiger partial charge is 0.310 e. The minimum atomic E-state index is 1.13. The molecule has 0 fully saturated rings. The summed E-state index contributed by atoms with van der Waals surface area (Å²) in [7, 11) is 0. The van der Waals surface area contributed by atoms with Crippen LogP contribution in [0.3, 0.4) is 0 Å². The van der Waals surface area contributed by atoms with Crippen LogP contribution >= 0.6 is 11.3 Å². The Kier molecular flexibility index (Phi) is 5.78. The highest BCUT2D eigenvalue weighted by Crippen LogP contribution is 2.44. The summed E-state index contributed by atoms with van der Waals surface area (Å²) in [5.41, 5.74) is 7.03. The summed E-state index contributed by atoms with van der Waals surface area (Å²) in [4.78, 5) is 2.40. The molecule has 47 heavy (non-hydrogen) atoms. The standard InChI is InChI=1S/C44H28N2S/c1-2-15-32(16-3-1)45(40-19-10-14-30-12-6-7-17-35(30)40)34-23-24-41-37(26-34)38-27-39-36-18-8-9-20-43(36)47-44(39)28-42(38)46(41)33-22-21-29-11-4-5-13-31(29)25-33/h1-28H. The molecule has 2 nitrogen and oxygen atoms in total. The van der Waals surface area contributed by atoms with E-state index in [1.807, 2.05) is 11.3 Å². The van der Waals surface area contributed by atoms with Crippen LogP contribution in [0.15, 0.2) is 170 Å². The van der Waals surface area contributed by atoms with Crippen LogP contribution in [-0.4, -0.2) is 4.57 Å². The van der Waals surface area contributed by atoms with Crippen molar-refractivity contribution in [3.63, 3.8) is 0 Å². The van der Waals surface area contributed by atoms with Gasteiger partial charge in [-0.25, -0.2) is 0 Å². The second kappa shape index (κ2) is 10.3. The molecule has 220 valence electrons. The Labute approximate surface area is 276 Å². The van der Waals surface area contributed by atoms with Crippen LogP contribution in [0.5, 0.6) is 0 Å². The minimum absolute atomic E-state index is 1.13. The van der Waals surface area contributed by atoms with Gasteiger partial charge < -0.3 is 9.47 Å². The number of hydrogen-bond donors (Lipinski definition) is 0. The predicted molar refractivity (Wildman–Crippen MR) is 203 cm³/mol. The molecule has 0 saturated heterocycles. The van der Waals surface area contributed by atoms with Gasteiger partial charge in [0.15, 0.2) is 0 Å². The number of aromatic nitrogens is 1. The molecule has 0 radical (unpaired) electrons. The van der Waals surface area contributed by atoms with Crippen LogP contribution in [0.4, 0.5) is 17.1 Å². The van der Waals surface area contributed by atoms with Crippen LogP contribution in [-0.2, 0) is 0 Å². The Hall–Kier alpha value is -5.90. The lowest BCUT2D eigenvalue weighted by Gasteiger charge is -2.27. The summed E-state index contributed by atoms with van der Waals surface area (Å²) in [6.45, 7) is 0. The average Bonchev–Trinajstić information content (AvgIpc) is 3.65. The first-order valence-electron chi connectivity index (χ1n) is 16.0. The van der Waals surface area contributed by atoms with E-state index in [1.54, 1.807) is 0 Å². The fraction of sp³-hybridized carbons (Fsp3) is 0. The van der Waals surface area contributed by atoms with E-state index < -0.39 is 0 Å². The van der Waals surface area contributed by atoms with Gasteiger partial charge in [0.1, 0.15) is 0 Å². The molecule has 0 saturated carbocycles. The van der Waals surface area contributed by atoms with Crippen molar-refractivity contribution in [3.8, 4) is 5.69 Å². The van der Waals surface area contributed by atoms with E-state index in [-0.39, 0.29) is 0 Å². The molecule has 2 aromatic heterocycles. The first-order valence-corrected chi connectivity index (χ1v) is 16.8. The quantitative estimate of drug-likeness (QED) is 0.191. The summed E-state index contributed by atoms with van der Waals surface area (Å²) in [5, 5.41) is 10.1. The molecule has 8 aromatic carbocycles. The summed E-state index contributed by atoms with van der Waals surface area (Å²) >= 11 is 1.87. The van der Waals surface area contributed by atoms with Crippen LogP contribution in [0.25, 0.3) is 69.2 Å². The van der Waals surface area contributed by atoms with Gasteiger partial charge in [-0.2, -0.15) is 0 Å². The second-order valence-electron chi connectivity index (χ2n) is 12.2. The molecule has 0 spiro atoms. The molecule has 0 bridgehead atoms. The topological polar surface area (TPSA) is 8.17 Å². The molecule has 0 N–H and O–H groups in total. The number of hydrogen-bond acceptors (Lipinski definition) is 2. The fourth-order valence-electron chi connectivity index (χ4n) is 7.37. The van der Waals surface area contributed by atoms with Gasteiger partial charge in [-0.05, 0) is 82.9 Å². The van der Waals surface area contributed by atoms with Gasteiger partial charge >= 0.3 is 0 Å². The molecule has 0 amide bonds. The van der Waals surface area contributed by atoms with E-state index in [4.69, 9.17) is 0 Å². The van der Waals surface area contributed by atoms with Crippen molar-refractivity contribution >= 4 is 91.9 Å². The third kappa shape index (κ3) is 4.10. The van der Waals surface area contributed by atoms with Crippen LogP contribution < -0.4 is 4.90 Å². The smallest absolute Gasteiger partial charge is 0.0555 e. The number of anilines is 3. The molecular formula is C44H28N2S. The minimum Gasteiger partial charge on any atom is -0.310 e. The Morgan fingerprint density at radius 2 is 1.11 bits per heavy atom. The molecule has 0 aliphatic rings. The van der Waals surface area contributed by atoms with E-state index >= 15 is 0 Å². The Morgan fingerprint density at radius 1 is 0.383 bits per heavy atom. The van der Waals surface area contributed by atoms with E-state index in [0.717, 1.165) is 17.1 Å². The Bertz CT molecular complexity index is 2800. The van der Waals surface area contributed by atoms with Gasteiger partial charge in [0, 0.05) is 53.4 Å². The van der Waals surface area contributed by atoms with Crippen molar-refractivity contribution in [2.75, 3.05) is 4.90 Å². The molecule has 3 heteroatoms. The normalized spacial score (nSPS) is 11.8. The van der Waals surface area contributed by atoms with E-state index in [0.29, 0.717) is 0 Å². The fourth-order valence-corrected chi connectivity index (χ4v) is 8.49. The zero-order valence-electron chi connectivity index (χ0n) is 25.5. The highest BCUT2D eigenvalue weighted by Gasteiger charge is 2.20. The van der Waals surface area contributed by atoms with E-state index in [2.05, 4.69) is 179 Å². The highest BCUT2D eigenvalue weighted by molar-refractivity contribution is 7.25. The van der Waals surface area contributed by atoms with Crippen molar-refractivity contribution < 1.29 is 0 Å². The van der Waals surface area contributed by atoms with E-state index in [9.17, 15) is 0 Å².